The minimum absolute atomic E-state index is 0.597. The largest absolute Gasteiger partial charge is 0.391 e. The van der Waals surface area contributed by atoms with Gasteiger partial charge in [-0.2, -0.15) is 0 Å². The molecule has 6 heteroatoms. The molecule has 1 saturated heterocycles. The number of carbonyl (C=O) groups excluding carboxylic acids is 2. The van der Waals surface area contributed by atoms with Gasteiger partial charge in [-0.3, -0.25) is 4.79 Å². The second kappa shape index (κ2) is 3.38. The maximum Gasteiger partial charge on any atom is 0.343 e. The predicted molar refractivity (Wildman–Crippen MR) is 49.9 cm³/mol. The molecule has 1 spiro atoms. The van der Waals surface area contributed by atoms with Gasteiger partial charge in [0, 0.05) is 0 Å². The lowest BCUT2D eigenvalue weighted by Gasteiger charge is -2.40. The average Bonchev–Trinajstić information content (AvgIpc) is 2.45. The number of ether oxygens (including phenoxy) is 1. The highest BCUT2D eigenvalue weighted by molar-refractivity contribution is 6.01. The first-order valence-corrected chi connectivity index (χ1v) is 4.91. The van der Waals surface area contributed by atoms with Crippen LogP contribution in [0.3, 0.4) is 0 Å². The van der Waals surface area contributed by atoms with Gasteiger partial charge in [-0.25, -0.2) is 4.79 Å². The Morgan fingerprint density at radius 3 is 2.38 bits per heavy atom. The van der Waals surface area contributed by atoms with Gasteiger partial charge in [0.15, 0.2) is 6.10 Å². The smallest absolute Gasteiger partial charge is 0.343 e. The molecular weight excluding hydrogens is 216 g/mol. The van der Waals surface area contributed by atoms with E-state index in [4.69, 9.17) is 0 Å². The zero-order valence-electron chi connectivity index (χ0n) is 8.53. The number of cyclic esters (lactones) is 2. The fourth-order valence-electron chi connectivity index (χ4n) is 2.36. The number of allylic oxidation sites excluding steroid dienone is 1. The van der Waals surface area contributed by atoms with Gasteiger partial charge in [-0.15, -0.1) is 0 Å². The van der Waals surface area contributed by atoms with Gasteiger partial charge >= 0.3 is 11.9 Å². The third-order valence-electron chi connectivity index (χ3n) is 3.39. The predicted octanol–water partition coefficient (Wildman–Crippen LogP) is -1.66. The molecule has 1 unspecified atom stereocenters. The third-order valence-corrected chi connectivity index (χ3v) is 3.39. The zero-order chi connectivity index (χ0) is 12.1. The summed E-state index contributed by atoms with van der Waals surface area (Å²) < 4.78 is 4.32. The van der Waals surface area contributed by atoms with Crippen molar-refractivity contribution in [3.8, 4) is 0 Å². The van der Waals surface area contributed by atoms with Crippen LogP contribution in [0.1, 0.15) is 6.92 Å². The Labute approximate surface area is 91.1 Å². The summed E-state index contributed by atoms with van der Waals surface area (Å²) in [5.41, 5.74) is -1.79. The van der Waals surface area contributed by atoms with E-state index in [-0.39, 0.29) is 0 Å². The Morgan fingerprint density at radius 1 is 1.25 bits per heavy atom. The van der Waals surface area contributed by atoms with Crippen molar-refractivity contribution in [3.05, 3.63) is 12.2 Å². The molecule has 5 atom stereocenters. The van der Waals surface area contributed by atoms with Crippen LogP contribution in [0.4, 0.5) is 0 Å². The van der Waals surface area contributed by atoms with Crippen LogP contribution in [-0.2, 0) is 14.3 Å². The fourth-order valence-corrected chi connectivity index (χ4v) is 2.36. The molecule has 3 N–H and O–H groups in total. The molecule has 0 bridgehead atoms. The number of hydrogen-bond acceptors (Lipinski definition) is 6. The molecule has 0 radical (unpaired) electrons. The van der Waals surface area contributed by atoms with Crippen LogP contribution >= 0.6 is 0 Å². The number of carbonyl (C=O) groups is 2. The standard InChI is InChI=1S/C10H12O6/c1-4-2-3-5(11)6(12)10(4)7(13)8(14)16-9(10)15/h2-7,11-13H,1H3/t4-,5-,6-,7-,10?/m1/s1. The molecule has 2 rings (SSSR count). The van der Waals surface area contributed by atoms with Crippen molar-refractivity contribution < 1.29 is 29.6 Å². The van der Waals surface area contributed by atoms with E-state index >= 15 is 0 Å². The van der Waals surface area contributed by atoms with Gasteiger partial charge in [-0.1, -0.05) is 19.1 Å². The summed E-state index contributed by atoms with van der Waals surface area (Å²) in [6, 6.07) is 0. The quantitative estimate of drug-likeness (QED) is 0.260. The van der Waals surface area contributed by atoms with Crippen molar-refractivity contribution in [2.45, 2.75) is 25.2 Å². The maximum atomic E-state index is 11.6. The second-order valence-corrected chi connectivity index (χ2v) is 4.15. The summed E-state index contributed by atoms with van der Waals surface area (Å²) in [4.78, 5) is 22.8. The molecule has 0 saturated carbocycles. The molecule has 1 aliphatic carbocycles. The molecule has 0 aromatic heterocycles. The molecule has 0 aromatic rings. The Bertz CT molecular complexity index is 376. The zero-order valence-corrected chi connectivity index (χ0v) is 8.53. The Hall–Kier alpha value is -1.24. The van der Waals surface area contributed by atoms with E-state index in [1.54, 1.807) is 6.92 Å². The lowest BCUT2D eigenvalue weighted by atomic mass is 9.64. The summed E-state index contributed by atoms with van der Waals surface area (Å²) in [6.07, 6.45) is -1.81. The van der Waals surface area contributed by atoms with Crippen LogP contribution in [0.5, 0.6) is 0 Å². The summed E-state index contributed by atoms with van der Waals surface area (Å²) in [7, 11) is 0. The molecule has 2 aliphatic rings. The first kappa shape index (κ1) is 11.3. The highest BCUT2D eigenvalue weighted by Crippen LogP contribution is 2.46. The second-order valence-electron chi connectivity index (χ2n) is 4.15. The van der Waals surface area contributed by atoms with Crippen molar-refractivity contribution in [1.29, 1.82) is 0 Å². The lowest BCUT2D eigenvalue weighted by Crippen LogP contribution is -2.57. The minimum atomic E-state index is -1.79. The van der Waals surface area contributed by atoms with Gasteiger partial charge in [-0.05, 0) is 5.92 Å². The number of esters is 2. The summed E-state index contributed by atoms with van der Waals surface area (Å²) in [5, 5.41) is 29.0. The molecule has 1 heterocycles. The van der Waals surface area contributed by atoms with E-state index in [1.807, 2.05) is 0 Å². The molecule has 16 heavy (non-hydrogen) atoms. The molecule has 6 nitrogen and oxygen atoms in total. The van der Waals surface area contributed by atoms with E-state index in [0.29, 0.717) is 0 Å². The summed E-state index contributed by atoms with van der Waals surface area (Å²) >= 11 is 0. The number of hydrogen-bond donors (Lipinski definition) is 3. The van der Waals surface area contributed by atoms with Crippen molar-refractivity contribution in [3.63, 3.8) is 0 Å². The molecule has 0 aromatic carbocycles. The van der Waals surface area contributed by atoms with Crippen molar-refractivity contribution in [2.24, 2.45) is 11.3 Å². The molecule has 1 aliphatic heterocycles. The maximum absolute atomic E-state index is 11.6. The van der Waals surface area contributed by atoms with Crippen molar-refractivity contribution in [2.75, 3.05) is 0 Å². The van der Waals surface area contributed by atoms with Gasteiger partial charge in [0.1, 0.15) is 11.5 Å². The summed E-state index contributed by atoms with van der Waals surface area (Å²) in [6.45, 7) is 1.56. The van der Waals surface area contributed by atoms with E-state index in [9.17, 15) is 24.9 Å². The van der Waals surface area contributed by atoms with E-state index in [0.717, 1.165) is 0 Å². The van der Waals surface area contributed by atoms with E-state index in [1.165, 1.54) is 12.2 Å². The average molecular weight is 228 g/mol. The highest BCUT2D eigenvalue weighted by Gasteiger charge is 2.66. The van der Waals surface area contributed by atoms with Crippen molar-refractivity contribution >= 4 is 11.9 Å². The monoisotopic (exact) mass is 228 g/mol. The Balaban J connectivity index is 2.54. The first-order valence-electron chi connectivity index (χ1n) is 4.91. The minimum Gasteiger partial charge on any atom is -0.391 e. The van der Waals surface area contributed by atoms with Crippen LogP contribution in [0.15, 0.2) is 12.2 Å². The number of aliphatic hydroxyl groups is 3. The summed E-state index contributed by atoms with van der Waals surface area (Å²) in [5.74, 6) is -2.67. The first-order chi connectivity index (χ1) is 7.42. The molecule has 1 fully saturated rings. The van der Waals surface area contributed by atoms with Crippen molar-refractivity contribution in [1.82, 2.24) is 0 Å². The van der Waals surface area contributed by atoms with Gasteiger partial charge in [0.25, 0.3) is 0 Å². The highest BCUT2D eigenvalue weighted by atomic mass is 16.6. The van der Waals surface area contributed by atoms with E-state index in [2.05, 4.69) is 4.74 Å². The molecule has 88 valence electrons. The Morgan fingerprint density at radius 2 is 1.88 bits per heavy atom. The molecule has 0 amide bonds. The Kier molecular flexibility index (Phi) is 2.37. The van der Waals surface area contributed by atoms with Crippen LogP contribution in [0, 0.1) is 11.3 Å². The van der Waals surface area contributed by atoms with Gasteiger partial charge in [0.2, 0.25) is 0 Å². The van der Waals surface area contributed by atoms with Crippen LogP contribution < -0.4 is 0 Å². The fraction of sp³-hybridized carbons (Fsp3) is 0.600. The normalized spacial score (nSPS) is 47.5. The van der Waals surface area contributed by atoms with Crippen LogP contribution in [0.2, 0.25) is 0 Å². The lowest BCUT2D eigenvalue weighted by molar-refractivity contribution is -0.165. The van der Waals surface area contributed by atoms with Crippen LogP contribution in [-0.4, -0.2) is 45.6 Å². The topological polar surface area (TPSA) is 104 Å². The van der Waals surface area contributed by atoms with Crippen LogP contribution in [0.25, 0.3) is 0 Å². The van der Waals surface area contributed by atoms with Gasteiger partial charge < -0.3 is 20.1 Å². The van der Waals surface area contributed by atoms with E-state index < -0.39 is 41.6 Å². The van der Waals surface area contributed by atoms with Gasteiger partial charge in [0.05, 0.1) is 6.10 Å². The number of aliphatic hydroxyl groups excluding tert-OH is 3. The molecular formula is C10H12O6. The number of rotatable bonds is 0. The SMILES string of the molecule is C[C@@H]1C=C[C@@H](O)[C@@H](O)C12C(=O)OC(=O)[C@H]2O. The third kappa shape index (κ3) is 1.12.